The summed E-state index contributed by atoms with van der Waals surface area (Å²) in [7, 11) is 1.67. The van der Waals surface area contributed by atoms with Gasteiger partial charge in [-0.2, -0.15) is 0 Å². The molecule has 6 heteroatoms. The first kappa shape index (κ1) is 22.1. The SMILES string of the molecule is COc1ccc(OC[C@H](O)CN2CCC(O)CC2)c(CNC2Cc3ccccc3C2)c1. The van der Waals surface area contributed by atoms with Crippen LogP contribution >= 0.6 is 0 Å². The molecule has 2 aromatic rings. The summed E-state index contributed by atoms with van der Waals surface area (Å²) in [5, 5.41) is 23.8. The van der Waals surface area contributed by atoms with Crippen molar-refractivity contribution in [2.24, 2.45) is 0 Å². The molecule has 31 heavy (non-hydrogen) atoms. The van der Waals surface area contributed by atoms with Gasteiger partial charge >= 0.3 is 0 Å². The molecular formula is C25H34N2O4. The molecular weight excluding hydrogens is 392 g/mol. The van der Waals surface area contributed by atoms with Crippen LogP contribution in [-0.4, -0.2) is 66.7 Å². The standard InChI is InChI=1S/C25H34N2O4/c1-30-24-6-7-25(31-17-23(29)16-27-10-8-22(28)9-11-27)20(14-24)15-26-21-12-18-4-2-3-5-19(18)13-21/h2-7,14,21-23,26,28-29H,8-13,15-17H2,1H3/t23-/m1/s1. The van der Waals surface area contributed by atoms with Crippen molar-refractivity contribution in [1.82, 2.24) is 10.2 Å². The summed E-state index contributed by atoms with van der Waals surface area (Å²) in [5.74, 6) is 1.57. The maximum absolute atomic E-state index is 10.5. The predicted molar refractivity (Wildman–Crippen MR) is 121 cm³/mol. The van der Waals surface area contributed by atoms with Gasteiger partial charge in [0, 0.05) is 37.8 Å². The Bertz CT molecular complexity index is 826. The van der Waals surface area contributed by atoms with E-state index in [9.17, 15) is 10.2 Å². The molecule has 0 radical (unpaired) electrons. The lowest BCUT2D eigenvalue weighted by Crippen LogP contribution is -2.41. The number of benzene rings is 2. The van der Waals surface area contributed by atoms with Crippen LogP contribution in [0.15, 0.2) is 42.5 Å². The number of aliphatic hydroxyl groups is 2. The van der Waals surface area contributed by atoms with Crippen molar-refractivity contribution < 1.29 is 19.7 Å². The van der Waals surface area contributed by atoms with Gasteiger partial charge in [-0.25, -0.2) is 0 Å². The first-order valence-corrected chi connectivity index (χ1v) is 11.3. The van der Waals surface area contributed by atoms with Gasteiger partial charge in [-0.3, -0.25) is 0 Å². The molecule has 0 unspecified atom stereocenters. The number of piperidine rings is 1. The van der Waals surface area contributed by atoms with E-state index in [4.69, 9.17) is 9.47 Å². The average molecular weight is 427 g/mol. The molecule has 1 atom stereocenters. The highest BCUT2D eigenvalue weighted by atomic mass is 16.5. The first-order valence-electron chi connectivity index (χ1n) is 11.3. The van der Waals surface area contributed by atoms with Crippen LogP contribution in [0.4, 0.5) is 0 Å². The van der Waals surface area contributed by atoms with Gasteiger partial charge < -0.3 is 29.9 Å². The second kappa shape index (κ2) is 10.5. The first-order chi connectivity index (χ1) is 15.1. The van der Waals surface area contributed by atoms with E-state index in [1.54, 1.807) is 7.11 Å². The smallest absolute Gasteiger partial charge is 0.124 e. The van der Waals surface area contributed by atoms with Gasteiger partial charge in [-0.15, -0.1) is 0 Å². The summed E-state index contributed by atoms with van der Waals surface area (Å²) in [6, 6.07) is 14.9. The fourth-order valence-electron chi connectivity index (χ4n) is 4.56. The normalized spacial score (nSPS) is 18.7. The van der Waals surface area contributed by atoms with Gasteiger partial charge in [0.15, 0.2) is 0 Å². The summed E-state index contributed by atoms with van der Waals surface area (Å²) >= 11 is 0. The summed E-state index contributed by atoms with van der Waals surface area (Å²) in [4.78, 5) is 2.19. The predicted octanol–water partition coefficient (Wildman–Crippen LogP) is 2.15. The summed E-state index contributed by atoms with van der Waals surface area (Å²) < 4.78 is 11.4. The van der Waals surface area contributed by atoms with E-state index in [2.05, 4.69) is 34.5 Å². The molecule has 0 bridgehead atoms. The minimum absolute atomic E-state index is 0.202. The lowest BCUT2D eigenvalue weighted by Gasteiger charge is -2.31. The van der Waals surface area contributed by atoms with E-state index in [1.807, 2.05) is 18.2 Å². The number of ether oxygens (including phenoxy) is 2. The minimum atomic E-state index is -0.567. The summed E-state index contributed by atoms with van der Waals surface area (Å²) in [6.07, 6.45) is 2.85. The molecule has 0 aromatic heterocycles. The van der Waals surface area contributed by atoms with Gasteiger partial charge in [-0.1, -0.05) is 24.3 Å². The topological polar surface area (TPSA) is 74.2 Å². The molecule has 2 aliphatic rings. The average Bonchev–Trinajstić information content (AvgIpc) is 3.21. The van der Waals surface area contributed by atoms with E-state index < -0.39 is 6.10 Å². The number of nitrogens with zero attached hydrogens (tertiary/aromatic N) is 1. The number of rotatable bonds is 9. The Hall–Kier alpha value is -2.12. The molecule has 0 amide bonds. The largest absolute Gasteiger partial charge is 0.497 e. The van der Waals surface area contributed by atoms with E-state index in [-0.39, 0.29) is 12.7 Å². The van der Waals surface area contributed by atoms with Gasteiger partial charge in [-0.05, 0) is 55.0 Å². The second-order valence-corrected chi connectivity index (χ2v) is 8.73. The number of hydrogen-bond donors (Lipinski definition) is 3. The molecule has 0 saturated carbocycles. The molecule has 1 heterocycles. The summed E-state index contributed by atoms with van der Waals surface area (Å²) in [5.41, 5.74) is 3.88. The lowest BCUT2D eigenvalue weighted by atomic mass is 10.1. The number of aliphatic hydroxyl groups excluding tert-OH is 2. The highest BCUT2D eigenvalue weighted by Gasteiger charge is 2.22. The molecule has 2 aromatic carbocycles. The Morgan fingerprint density at radius 3 is 2.48 bits per heavy atom. The Morgan fingerprint density at radius 2 is 1.81 bits per heavy atom. The van der Waals surface area contributed by atoms with Crippen LogP contribution in [0, 0.1) is 0 Å². The number of nitrogens with one attached hydrogen (secondary N) is 1. The van der Waals surface area contributed by atoms with Crippen LogP contribution in [-0.2, 0) is 19.4 Å². The molecule has 1 fully saturated rings. The third kappa shape index (κ3) is 5.98. The molecule has 1 saturated heterocycles. The quantitative estimate of drug-likeness (QED) is 0.571. The maximum Gasteiger partial charge on any atom is 0.124 e. The highest BCUT2D eigenvalue weighted by Crippen LogP contribution is 2.26. The lowest BCUT2D eigenvalue weighted by molar-refractivity contribution is 0.0336. The van der Waals surface area contributed by atoms with Crippen molar-refractivity contribution in [3.63, 3.8) is 0 Å². The number of methoxy groups -OCH3 is 1. The fraction of sp³-hybridized carbons (Fsp3) is 0.520. The van der Waals surface area contributed by atoms with Crippen molar-refractivity contribution in [2.45, 2.75) is 50.5 Å². The molecule has 1 aliphatic carbocycles. The minimum Gasteiger partial charge on any atom is -0.497 e. The monoisotopic (exact) mass is 426 g/mol. The van der Waals surface area contributed by atoms with Crippen LogP contribution in [0.1, 0.15) is 29.5 Å². The molecule has 0 spiro atoms. The molecule has 3 N–H and O–H groups in total. The molecule has 6 nitrogen and oxygen atoms in total. The Morgan fingerprint density at radius 1 is 1.10 bits per heavy atom. The van der Waals surface area contributed by atoms with Crippen molar-refractivity contribution in [3.05, 3.63) is 59.2 Å². The van der Waals surface area contributed by atoms with Gasteiger partial charge in [0.1, 0.15) is 24.2 Å². The molecule has 1 aliphatic heterocycles. The molecule has 4 rings (SSSR count). The van der Waals surface area contributed by atoms with E-state index in [1.165, 1.54) is 11.1 Å². The van der Waals surface area contributed by atoms with Crippen molar-refractivity contribution >= 4 is 0 Å². The van der Waals surface area contributed by atoms with Crippen LogP contribution in [0.2, 0.25) is 0 Å². The zero-order valence-electron chi connectivity index (χ0n) is 18.3. The Kier molecular flexibility index (Phi) is 7.45. The third-order valence-corrected chi connectivity index (χ3v) is 6.36. The third-order valence-electron chi connectivity index (χ3n) is 6.36. The Balaban J connectivity index is 1.31. The van der Waals surface area contributed by atoms with Gasteiger partial charge in [0.25, 0.3) is 0 Å². The second-order valence-electron chi connectivity index (χ2n) is 8.73. The number of β-amino-alcohol motifs (C(OH)–C–C–N with tert-alkyl or cyclic N) is 1. The number of fused-ring (bicyclic) bond motifs is 1. The zero-order chi connectivity index (χ0) is 21.6. The van der Waals surface area contributed by atoms with Gasteiger partial charge in [0.2, 0.25) is 0 Å². The summed E-state index contributed by atoms with van der Waals surface area (Å²) in [6.45, 7) is 3.13. The van der Waals surface area contributed by atoms with Crippen molar-refractivity contribution in [3.8, 4) is 11.5 Å². The van der Waals surface area contributed by atoms with Crippen LogP contribution < -0.4 is 14.8 Å². The number of likely N-dealkylation sites (tertiary alicyclic amines) is 1. The van der Waals surface area contributed by atoms with Crippen LogP contribution in [0.5, 0.6) is 11.5 Å². The zero-order valence-corrected chi connectivity index (χ0v) is 18.3. The number of hydrogen-bond acceptors (Lipinski definition) is 6. The van der Waals surface area contributed by atoms with E-state index in [0.717, 1.165) is 55.8 Å². The maximum atomic E-state index is 10.5. The fourth-order valence-corrected chi connectivity index (χ4v) is 4.56. The van der Waals surface area contributed by atoms with E-state index in [0.29, 0.717) is 19.1 Å². The molecule has 168 valence electrons. The van der Waals surface area contributed by atoms with Crippen LogP contribution in [0.3, 0.4) is 0 Å². The Labute approximate surface area is 184 Å². The van der Waals surface area contributed by atoms with Crippen LogP contribution in [0.25, 0.3) is 0 Å². The van der Waals surface area contributed by atoms with E-state index >= 15 is 0 Å². The highest BCUT2D eigenvalue weighted by molar-refractivity contribution is 5.40. The van der Waals surface area contributed by atoms with Gasteiger partial charge in [0.05, 0.1) is 13.2 Å². The van der Waals surface area contributed by atoms with Crippen molar-refractivity contribution in [2.75, 3.05) is 33.4 Å². The van der Waals surface area contributed by atoms with Crippen molar-refractivity contribution in [1.29, 1.82) is 0 Å².